The lowest BCUT2D eigenvalue weighted by atomic mass is 9.83. The Kier molecular flexibility index (Phi) is 3.08. The van der Waals surface area contributed by atoms with Crippen molar-refractivity contribution in [2.75, 3.05) is 5.32 Å². The second kappa shape index (κ2) is 4.51. The zero-order chi connectivity index (χ0) is 11.5. The minimum absolute atomic E-state index is 0.0882. The number of rotatable bonds is 3. The molecular formula is C12H14FNO2. The number of carbonyl (C=O) groups is 1. The predicted molar refractivity (Wildman–Crippen MR) is 58.7 cm³/mol. The van der Waals surface area contributed by atoms with Crippen LogP contribution in [0, 0.1) is 11.7 Å². The van der Waals surface area contributed by atoms with Crippen LogP contribution in [0.2, 0.25) is 0 Å². The van der Waals surface area contributed by atoms with Gasteiger partial charge in [0, 0.05) is 18.2 Å². The van der Waals surface area contributed by atoms with Crippen LogP contribution in [0.15, 0.2) is 18.2 Å². The normalized spacial score (nSPS) is 15.6. The van der Waals surface area contributed by atoms with Gasteiger partial charge in [-0.25, -0.2) is 4.39 Å². The number of hydrogen-bond donors (Lipinski definition) is 2. The Morgan fingerprint density at radius 3 is 2.81 bits per heavy atom. The van der Waals surface area contributed by atoms with E-state index in [1.807, 2.05) is 0 Å². The first-order valence-electron chi connectivity index (χ1n) is 5.43. The highest BCUT2D eigenvalue weighted by Gasteiger charge is 2.20. The molecule has 2 rings (SSSR count). The molecule has 86 valence electrons. The highest BCUT2D eigenvalue weighted by Crippen LogP contribution is 2.29. The van der Waals surface area contributed by atoms with Gasteiger partial charge in [-0.15, -0.1) is 0 Å². The number of anilines is 1. The molecule has 1 aliphatic rings. The molecule has 0 radical (unpaired) electrons. The quantitative estimate of drug-likeness (QED) is 0.774. The Bertz CT molecular complexity index is 402. The molecular weight excluding hydrogens is 209 g/mol. The molecule has 0 bridgehead atoms. The standard InChI is InChI=1S/C12H14FNO2/c13-10-7-9(4-5-11(10)15)14-12(16)6-8-2-1-3-8/h4-5,7-8,15H,1-3,6H2,(H,14,16). The Labute approximate surface area is 93.3 Å². The van der Waals surface area contributed by atoms with Crippen LogP contribution in [0.25, 0.3) is 0 Å². The third-order valence-corrected chi connectivity index (χ3v) is 2.93. The fourth-order valence-corrected chi connectivity index (χ4v) is 1.76. The molecule has 1 aromatic carbocycles. The van der Waals surface area contributed by atoms with Crippen molar-refractivity contribution in [1.82, 2.24) is 0 Å². The second-order valence-electron chi connectivity index (χ2n) is 4.22. The minimum Gasteiger partial charge on any atom is -0.505 e. The summed E-state index contributed by atoms with van der Waals surface area (Å²) in [6, 6.07) is 3.83. The van der Waals surface area contributed by atoms with E-state index >= 15 is 0 Å². The topological polar surface area (TPSA) is 49.3 Å². The zero-order valence-corrected chi connectivity index (χ0v) is 8.87. The van der Waals surface area contributed by atoms with E-state index in [9.17, 15) is 9.18 Å². The minimum atomic E-state index is -0.721. The van der Waals surface area contributed by atoms with E-state index in [-0.39, 0.29) is 5.91 Å². The zero-order valence-electron chi connectivity index (χ0n) is 8.87. The molecule has 0 aliphatic heterocycles. The van der Waals surface area contributed by atoms with Crippen molar-refractivity contribution >= 4 is 11.6 Å². The average Bonchev–Trinajstić information content (AvgIpc) is 2.18. The number of benzene rings is 1. The molecule has 0 unspecified atom stereocenters. The number of aromatic hydroxyl groups is 1. The van der Waals surface area contributed by atoms with E-state index in [0.717, 1.165) is 18.9 Å². The summed E-state index contributed by atoms with van der Waals surface area (Å²) in [7, 11) is 0. The second-order valence-corrected chi connectivity index (χ2v) is 4.22. The van der Waals surface area contributed by atoms with Gasteiger partial charge >= 0.3 is 0 Å². The smallest absolute Gasteiger partial charge is 0.224 e. The molecule has 0 aromatic heterocycles. The first-order valence-corrected chi connectivity index (χ1v) is 5.43. The molecule has 0 spiro atoms. The lowest BCUT2D eigenvalue weighted by Gasteiger charge is -2.24. The summed E-state index contributed by atoms with van der Waals surface area (Å²) >= 11 is 0. The van der Waals surface area contributed by atoms with Gasteiger partial charge in [0.25, 0.3) is 0 Å². The predicted octanol–water partition coefficient (Wildman–Crippen LogP) is 2.66. The summed E-state index contributed by atoms with van der Waals surface area (Å²) < 4.78 is 13.0. The van der Waals surface area contributed by atoms with Crippen LogP contribution in [0.3, 0.4) is 0 Å². The molecule has 3 nitrogen and oxygen atoms in total. The molecule has 1 saturated carbocycles. The molecule has 1 amide bonds. The van der Waals surface area contributed by atoms with Crippen LogP contribution < -0.4 is 5.32 Å². The lowest BCUT2D eigenvalue weighted by molar-refractivity contribution is -0.117. The largest absolute Gasteiger partial charge is 0.505 e. The summed E-state index contributed by atoms with van der Waals surface area (Å²) in [5.41, 5.74) is 0.389. The first-order chi connectivity index (χ1) is 7.65. The number of phenols is 1. The maximum absolute atomic E-state index is 13.0. The van der Waals surface area contributed by atoms with Crippen molar-refractivity contribution in [3.05, 3.63) is 24.0 Å². The van der Waals surface area contributed by atoms with Gasteiger partial charge in [-0.2, -0.15) is 0 Å². The summed E-state index contributed by atoms with van der Waals surface area (Å²) in [4.78, 5) is 11.5. The molecule has 4 heteroatoms. The van der Waals surface area contributed by atoms with Crippen molar-refractivity contribution in [2.45, 2.75) is 25.7 Å². The van der Waals surface area contributed by atoms with Crippen molar-refractivity contribution in [3.63, 3.8) is 0 Å². The summed E-state index contributed by atoms with van der Waals surface area (Å²) in [5.74, 6) is -0.727. The van der Waals surface area contributed by atoms with Gasteiger partial charge in [0.15, 0.2) is 11.6 Å². The van der Waals surface area contributed by atoms with Crippen molar-refractivity contribution in [2.24, 2.45) is 5.92 Å². The SMILES string of the molecule is O=C(CC1CCC1)Nc1ccc(O)c(F)c1. The van der Waals surface area contributed by atoms with Gasteiger partial charge in [0.05, 0.1) is 0 Å². The fourth-order valence-electron chi connectivity index (χ4n) is 1.76. The maximum Gasteiger partial charge on any atom is 0.224 e. The maximum atomic E-state index is 13.0. The molecule has 0 heterocycles. The summed E-state index contributed by atoms with van der Waals surface area (Å²) in [6.07, 6.45) is 3.92. The highest BCUT2D eigenvalue weighted by molar-refractivity contribution is 5.90. The van der Waals surface area contributed by atoms with E-state index in [1.165, 1.54) is 18.6 Å². The van der Waals surface area contributed by atoms with Gasteiger partial charge < -0.3 is 10.4 Å². The molecule has 1 aliphatic carbocycles. The molecule has 0 atom stereocenters. The summed E-state index contributed by atoms with van der Waals surface area (Å²) in [6.45, 7) is 0. The number of halogens is 1. The number of amides is 1. The molecule has 1 aromatic rings. The van der Waals surface area contributed by atoms with E-state index in [2.05, 4.69) is 5.32 Å². The highest BCUT2D eigenvalue weighted by atomic mass is 19.1. The Hall–Kier alpha value is -1.58. The number of phenolic OH excluding ortho intramolecular Hbond substituents is 1. The molecule has 1 fully saturated rings. The van der Waals surface area contributed by atoms with Crippen molar-refractivity contribution in [1.29, 1.82) is 0 Å². The Morgan fingerprint density at radius 1 is 1.50 bits per heavy atom. The fraction of sp³-hybridized carbons (Fsp3) is 0.417. The van der Waals surface area contributed by atoms with E-state index in [4.69, 9.17) is 5.11 Å². The van der Waals surface area contributed by atoms with E-state index in [1.54, 1.807) is 0 Å². The van der Waals surface area contributed by atoms with Crippen LogP contribution in [-0.2, 0) is 4.79 Å². The van der Waals surface area contributed by atoms with E-state index in [0.29, 0.717) is 18.0 Å². The number of hydrogen-bond acceptors (Lipinski definition) is 2. The van der Waals surface area contributed by atoms with E-state index < -0.39 is 11.6 Å². The van der Waals surface area contributed by atoms with Gasteiger partial charge in [0.2, 0.25) is 5.91 Å². The molecule has 0 saturated heterocycles. The Balaban J connectivity index is 1.92. The van der Waals surface area contributed by atoms with Crippen LogP contribution in [-0.4, -0.2) is 11.0 Å². The van der Waals surface area contributed by atoms with Crippen molar-refractivity contribution < 1.29 is 14.3 Å². The van der Waals surface area contributed by atoms with Gasteiger partial charge in [-0.1, -0.05) is 6.42 Å². The monoisotopic (exact) mass is 223 g/mol. The van der Waals surface area contributed by atoms with Gasteiger partial charge in [-0.3, -0.25) is 4.79 Å². The van der Waals surface area contributed by atoms with Crippen LogP contribution >= 0.6 is 0 Å². The van der Waals surface area contributed by atoms with Gasteiger partial charge in [-0.05, 0) is 30.9 Å². The van der Waals surface area contributed by atoms with Crippen LogP contribution in [0.1, 0.15) is 25.7 Å². The molecule has 2 N–H and O–H groups in total. The Morgan fingerprint density at radius 2 is 2.25 bits per heavy atom. The first kappa shape index (κ1) is 10.9. The number of nitrogens with one attached hydrogen (secondary N) is 1. The third-order valence-electron chi connectivity index (χ3n) is 2.93. The third kappa shape index (κ3) is 2.51. The van der Waals surface area contributed by atoms with Gasteiger partial charge in [0.1, 0.15) is 0 Å². The van der Waals surface area contributed by atoms with Crippen LogP contribution in [0.5, 0.6) is 5.75 Å². The summed E-state index contributed by atoms with van der Waals surface area (Å²) in [5, 5.41) is 11.6. The lowest BCUT2D eigenvalue weighted by Crippen LogP contribution is -2.20. The number of carbonyl (C=O) groups excluding carboxylic acids is 1. The van der Waals surface area contributed by atoms with Crippen LogP contribution in [0.4, 0.5) is 10.1 Å². The molecule has 16 heavy (non-hydrogen) atoms. The average molecular weight is 223 g/mol. The van der Waals surface area contributed by atoms with Crippen molar-refractivity contribution in [3.8, 4) is 5.75 Å².